The number of aromatic amines is 2. The summed E-state index contributed by atoms with van der Waals surface area (Å²) >= 11 is 0. The molecule has 10 rings (SSSR count). The Bertz CT molecular complexity index is 4070. The third kappa shape index (κ3) is 20.9. The monoisotopic (exact) mass is 1370 g/mol. The number of aromatic nitrogens is 2. The van der Waals surface area contributed by atoms with Gasteiger partial charge in [-0.2, -0.15) is 0 Å². The second kappa shape index (κ2) is 33.4. The lowest BCUT2D eigenvalue weighted by atomic mass is 9.94. The molecule has 0 radical (unpaired) electrons. The molecule has 2 aliphatic rings. The number of H-pyrrole nitrogens is 2. The van der Waals surface area contributed by atoms with Crippen LogP contribution in [0.25, 0.3) is 21.8 Å². The molecular formula is C75H93N9O14Si. The van der Waals surface area contributed by atoms with Gasteiger partial charge >= 0.3 is 12.2 Å². The summed E-state index contributed by atoms with van der Waals surface area (Å²) in [6.45, 7) is 17.9. The molecule has 4 heterocycles. The number of nitrogens with one attached hydrogen (secondary N) is 8. The van der Waals surface area contributed by atoms with Crippen LogP contribution in [0.2, 0.25) is 18.1 Å². The highest BCUT2D eigenvalue weighted by Crippen LogP contribution is 2.38. The number of ether oxygens (including phenoxy) is 4. The van der Waals surface area contributed by atoms with Gasteiger partial charge in [-0.25, -0.2) is 9.59 Å². The number of fused-ring (bicyclic) bond motifs is 2. The van der Waals surface area contributed by atoms with E-state index in [-0.39, 0.29) is 88.0 Å². The van der Waals surface area contributed by atoms with Gasteiger partial charge in [0.05, 0.1) is 25.3 Å². The van der Waals surface area contributed by atoms with Crippen molar-refractivity contribution < 1.29 is 66.8 Å². The van der Waals surface area contributed by atoms with Gasteiger partial charge in [-0.3, -0.25) is 28.8 Å². The third-order valence-electron chi connectivity index (χ3n) is 17.7. The van der Waals surface area contributed by atoms with Gasteiger partial charge in [0.15, 0.2) is 11.6 Å². The van der Waals surface area contributed by atoms with Crippen LogP contribution in [0.4, 0.5) is 9.59 Å². The number of para-hydroxylation sites is 2. The highest BCUT2D eigenvalue weighted by Gasteiger charge is 2.51. The first-order valence-electron chi connectivity index (χ1n) is 32.3. The SMILES string of the molecule is C.C[C@@H](NC(=O)OCc1ccccc1)C(=O)N[C@@H](Cc1c[nH]c2ccccc12)C(=O)N[C@@H](Cc1ccc(O)cc1)C(=O)[C@@]1(C)CO1.C[C@@H](NC(=O)OCc1ccccc1)C(=O)N[C@@H](Cc1c[nH]c2ccccc12)C(=O)N[C@@H](Cc1ccc(O[Si](C)(C)C(C)(C)C)cc1)C(=O)[C@@]1(C)CO1.N. The van der Waals surface area contributed by atoms with Crippen LogP contribution >= 0.6 is 0 Å². The second-order valence-electron chi connectivity index (χ2n) is 26.6. The van der Waals surface area contributed by atoms with Crippen LogP contribution in [0.3, 0.4) is 0 Å². The summed E-state index contributed by atoms with van der Waals surface area (Å²) in [7, 11) is -2.05. The van der Waals surface area contributed by atoms with Crippen molar-refractivity contribution in [2.75, 3.05) is 13.2 Å². The molecule has 0 aliphatic carbocycles. The van der Waals surface area contributed by atoms with Crippen molar-refractivity contribution in [1.29, 1.82) is 0 Å². The predicted octanol–water partition coefficient (Wildman–Crippen LogP) is 10.1. The molecule has 526 valence electrons. The van der Waals surface area contributed by atoms with Gasteiger partial charge in [0.1, 0.15) is 60.1 Å². The van der Waals surface area contributed by atoms with E-state index in [1.165, 1.54) is 26.0 Å². The lowest BCUT2D eigenvalue weighted by Crippen LogP contribution is -2.57. The molecule has 0 saturated carbocycles. The molecule has 0 bridgehead atoms. The van der Waals surface area contributed by atoms with Crippen LogP contribution in [0.1, 0.15) is 89.3 Å². The molecule has 8 aromatic rings. The van der Waals surface area contributed by atoms with Gasteiger partial charge in [0.25, 0.3) is 0 Å². The number of rotatable bonds is 28. The minimum atomic E-state index is -2.05. The number of phenolic OH excluding ortho intramolecular Hbond substituents is 1. The maximum atomic E-state index is 14.1. The average molecular weight is 1370 g/mol. The largest absolute Gasteiger partial charge is 0.544 e. The Kier molecular flexibility index (Phi) is 25.7. The fourth-order valence-corrected chi connectivity index (χ4v) is 11.5. The van der Waals surface area contributed by atoms with Crippen molar-refractivity contribution in [2.24, 2.45) is 0 Å². The summed E-state index contributed by atoms with van der Waals surface area (Å²) in [5, 5.41) is 27.9. The Morgan fingerprint density at radius 3 is 1.22 bits per heavy atom. The van der Waals surface area contributed by atoms with Crippen LogP contribution in [-0.2, 0) is 86.6 Å². The zero-order valence-electron chi connectivity index (χ0n) is 56.7. The summed E-state index contributed by atoms with van der Waals surface area (Å²) in [4.78, 5) is 113. The summed E-state index contributed by atoms with van der Waals surface area (Å²) in [5.41, 5.74) is 4.47. The molecule has 2 saturated heterocycles. The Labute approximate surface area is 578 Å². The number of aromatic hydroxyl groups is 1. The highest BCUT2D eigenvalue weighted by molar-refractivity contribution is 6.74. The number of benzene rings is 6. The number of carbonyl (C=O) groups excluding carboxylic acids is 8. The van der Waals surface area contributed by atoms with E-state index in [0.717, 1.165) is 60.9 Å². The van der Waals surface area contributed by atoms with E-state index in [9.17, 15) is 43.5 Å². The van der Waals surface area contributed by atoms with E-state index in [1.807, 2.05) is 133 Å². The van der Waals surface area contributed by atoms with Gasteiger partial charge < -0.3 is 76.5 Å². The van der Waals surface area contributed by atoms with E-state index in [1.54, 1.807) is 38.4 Å². The molecule has 12 N–H and O–H groups in total. The maximum Gasteiger partial charge on any atom is 0.408 e. The molecule has 2 aliphatic heterocycles. The smallest absolute Gasteiger partial charge is 0.408 e. The van der Waals surface area contributed by atoms with E-state index in [2.05, 4.69) is 75.7 Å². The molecule has 8 atom stereocenters. The summed E-state index contributed by atoms with van der Waals surface area (Å²) < 4.78 is 27.8. The molecule has 6 aromatic carbocycles. The normalized spacial score (nSPS) is 17.1. The van der Waals surface area contributed by atoms with Crippen molar-refractivity contribution in [3.8, 4) is 11.5 Å². The van der Waals surface area contributed by atoms with Crippen LogP contribution in [-0.4, -0.2) is 131 Å². The predicted molar refractivity (Wildman–Crippen MR) is 380 cm³/mol. The fraction of sp³-hybridized carbons (Fsp3) is 0.360. The summed E-state index contributed by atoms with van der Waals surface area (Å²) in [6.07, 6.45) is 2.63. The first-order chi connectivity index (χ1) is 46.2. The number of epoxide rings is 2. The zero-order valence-corrected chi connectivity index (χ0v) is 57.7. The van der Waals surface area contributed by atoms with E-state index in [4.69, 9.17) is 23.4 Å². The number of amides is 6. The Morgan fingerprint density at radius 2 is 0.848 bits per heavy atom. The van der Waals surface area contributed by atoms with Gasteiger partial charge in [-0.05, 0) is 128 Å². The molecule has 6 amide bonds. The van der Waals surface area contributed by atoms with Gasteiger partial charge in [0.2, 0.25) is 31.9 Å². The van der Waals surface area contributed by atoms with Gasteiger partial charge in [-0.1, -0.05) is 150 Å². The fourth-order valence-electron chi connectivity index (χ4n) is 10.5. The molecule has 99 heavy (non-hydrogen) atoms. The molecule has 23 nitrogen and oxygen atoms in total. The van der Waals surface area contributed by atoms with Crippen molar-refractivity contribution in [3.63, 3.8) is 0 Å². The Balaban J connectivity index is 0.000000275. The minimum Gasteiger partial charge on any atom is -0.544 e. The first kappa shape index (κ1) is 76.2. The number of Topliss-reactive ketones (excluding diaryl/α,β-unsaturated/α-hetero) is 2. The zero-order chi connectivity index (χ0) is 69.7. The van der Waals surface area contributed by atoms with Crippen LogP contribution in [0, 0.1) is 0 Å². The van der Waals surface area contributed by atoms with E-state index < -0.39 is 91.6 Å². The first-order valence-corrected chi connectivity index (χ1v) is 35.2. The van der Waals surface area contributed by atoms with Crippen molar-refractivity contribution in [1.82, 2.24) is 48.0 Å². The second-order valence-corrected chi connectivity index (χ2v) is 31.3. The number of carbonyl (C=O) groups is 8. The molecular weight excluding hydrogens is 1280 g/mol. The van der Waals surface area contributed by atoms with Gasteiger partial charge in [0, 0.05) is 47.0 Å². The lowest BCUT2D eigenvalue weighted by Gasteiger charge is -2.36. The summed E-state index contributed by atoms with van der Waals surface area (Å²) in [5.74, 6) is -2.02. The lowest BCUT2D eigenvalue weighted by molar-refractivity contribution is -0.133. The highest BCUT2D eigenvalue weighted by atomic mass is 28.4. The van der Waals surface area contributed by atoms with E-state index in [0.29, 0.717) is 0 Å². The average Bonchev–Trinajstić information content (AvgIpc) is 1.66. The van der Waals surface area contributed by atoms with Crippen molar-refractivity contribution in [3.05, 3.63) is 203 Å². The number of alkyl carbamates (subject to hydrolysis) is 2. The molecule has 24 heteroatoms. The van der Waals surface area contributed by atoms with Crippen molar-refractivity contribution >= 4 is 77.5 Å². The quantitative estimate of drug-likeness (QED) is 0.0161. The number of ketones is 2. The number of hydrogen-bond acceptors (Lipinski definition) is 15. The Hall–Kier alpha value is -10.1. The molecule has 0 unspecified atom stereocenters. The molecule has 0 spiro atoms. The standard InChI is InChI=1S/C40H50N4O7Si.C34H36N4O7.CH4.H3N/c1-26(42-38(48)49-24-28-13-9-8-10-14-28)36(46)44-34(22-29-23-41-32-16-12-11-15-31(29)32)37(47)43-33(35(45)40(5)25-50-40)21-27-17-19-30(20-18-27)51-52(6,7)39(2,3)4;1-21(36-33(43)44-19-23-8-4-3-5-9-23)31(41)38-29(17-24-18-35-27-11-7-6-10-26(24)27)32(42)37-28(30(40)34(2)20-45-34)16-22-12-14-25(39)15-13-22;;/h8-20,23,26,33-34,41H,21-22,24-25H2,1-7H3,(H,42,48)(H,43,47)(H,44,46);3-15,18,21,28-29,35,39H,16-17,19-20H2,1-2H3,(H,36,43)(H,37,42)(H,38,41);1H4;1H3/t26-,33+,34+,40-;21-,28+,29+,34-;;/m11../s1. The minimum absolute atomic E-state index is 0. The topological polar surface area (TPSA) is 348 Å². The molecule has 2 fully saturated rings. The van der Waals surface area contributed by atoms with Gasteiger partial charge in [-0.15, -0.1) is 0 Å². The van der Waals surface area contributed by atoms with Crippen LogP contribution < -0.4 is 42.5 Å². The van der Waals surface area contributed by atoms with Crippen molar-refractivity contribution in [2.45, 2.75) is 160 Å². The number of hydrogen-bond donors (Lipinski definition) is 10. The molecule has 2 aromatic heterocycles. The Morgan fingerprint density at radius 1 is 0.495 bits per heavy atom. The van der Waals surface area contributed by atoms with Crippen LogP contribution in [0.15, 0.2) is 170 Å². The third-order valence-corrected chi connectivity index (χ3v) is 22.1. The summed E-state index contributed by atoms with van der Waals surface area (Å²) in [6, 6.07) is 41.4. The number of phenols is 1. The van der Waals surface area contributed by atoms with E-state index >= 15 is 0 Å². The van der Waals surface area contributed by atoms with Crippen LogP contribution in [0.5, 0.6) is 11.5 Å². The maximum absolute atomic E-state index is 14.1.